The molecule has 2 aromatic carbocycles. The van der Waals surface area contributed by atoms with Crippen molar-refractivity contribution in [3.05, 3.63) is 48.0 Å². The Hall–Kier alpha value is -2.49. The summed E-state index contributed by atoms with van der Waals surface area (Å²) in [6, 6.07) is 13.9. The molecule has 0 spiro atoms. The van der Waals surface area contributed by atoms with Crippen molar-refractivity contribution >= 4 is 11.7 Å². The van der Waals surface area contributed by atoms with Gasteiger partial charge in [-0.1, -0.05) is 18.2 Å². The van der Waals surface area contributed by atoms with Gasteiger partial charge in [0.25, 0.3) is 0 Å². The van der Waals surface area contributed by atoms with Gasteiger partial charge in [0.1, 0.15) is 5.75 Å². The minimum absolute atomic E-state index is 0.316. The van der Waals surface area contributed by atoms with E-state index in [-0.39, 0.29) is 6.61 Å². The van der Waals surface area contributed by atoms with Crippen LogP contribution in [-0.2, 0) is 11.2 Å². The molecule has 0 aliphatic carbocycles. The number of carboxylic acid groups (broad SMARTS) is 1. The maximum atomic E-state index is 10.4. The summed E-state index contributed by atoms with van der Waals surface area (Å²) in [6.07, 6.45) is 1.06. The van der Waals surface area contributed by atoms with Crippen LogP contribution in [0.5, 0.6) is 5.75 Å². The minimum Gasteiger partial charge on any atom is -0.482 e. The number of anilines is 1. The van der Waals surface area contributed by atoms with Crippen LogP contribution < -0.4 is 10.1 Å². The topological polar surface area (TPSA) is 58.6 Å². The highest BCUT2D eigenvalue weighted by molar-refractivity contribution is 5.71. The van der Waals surface area contributed by atoms with Gasteiger partial charge >= 0.3 is 5.97 Å². The first-order chi connectivity index (χ1) is 9.72. The second kappa shape index (κ2) is 5.25. The van der Waals surface area contributed by atoms with Crippen molar-refractivity contribution in [2.24, 2.45) is 0 Å². The molecule has 0 unspecified atom stereocenters. The summed E-state index contributed by atoms with van der Waals surface area (Å²) in [5.41, 5.74) is 4.82. The predicted octanol–water partition coefficient (Wildman–Crippen LogP) is 2.79. The fourth-order valence-corrected chi connectivity index (χ4v) is 2.37. The van der Waals surface area contributed by atoms with Gasteiger partial charge in [0.2, 0.25) is 0 Å². The van der Waals surface area contributed by atoms with Crippen molar-refractivity contribution in [2.45, 2.75) is 6.42 Å². The standard InChI is InChI=1S/C16H15NO3/c18-16(19)10-20-14-4-1-11(2-5-14)12-3-6-15-13(9-12)7-8-17-15/h1-6,9,17H,7-8,10H2,(H,18,19). The first-order valence-corrected chi connectivity index (χ1v) is 6.54. The molecule has 1 aliphatic heterocycles. The van der Waals surface area contributed by atoms with Crippen molar-refractivity contribution < 1.29 is 14.6 Å². The number of fused-ring (bicyclic) bond motifs is 1. The van der Waals surface area contributed by atoms with E-state index in [9.17, 15) is 4.79 Å². The van der Waals surface area contributed by atoms with Gasteiger partial charge in [0.05, 0.1) is 0 Å². The first kappa shape index (κ1) is 12.5. The number of aliphatic carboxylic acids is 1. The molecular weight excluding hydrogens is 254 g/mol. The third-order valence-corrected chi connectivity index (χ3v) is 3.36. The van der Waals surface area contributed by atoms with Crippen molar-refractivity contribution in [1.29, 1.82) is 0 Å². The molecule has 4 heteroatoms. The van der Waals surface area contributed by atoms with Gasteiger partial charge in [0, 0.05) is 12.2 Å². The third kappa shape index (κ3) is 2.59. The Labute approximate surface area is 117 Å². The number of carbonyl (C=O) groups is 1. The van der Waals surface area contributed by atoms with Gasteiger partial charge in [-0.25, -0.2) is 4.79 Å². The monoisotopic (exact) mass is 269 g/mol. The lowest BCUT2D eigenvalue weighted by molar-refractivity contribution is -0.139. The maximum Gasteiger partial charge on any atom is 0.341 e. The Morgan fingerprint density at radius 1 is 1.15 bits per heavy atom. The Morgan fingerprint density at radius 3 is 2.65 bits per heavy atom. The van der Waals surface area contributed by atoms with Gasteiger partial charge in [-0.3, -0.25) is 0 Å². The number of carboxylic acids is 1. The quantitative estimate of drug-likeness (QED) is 0.896. The van der Waals surface area contributed by atoms with E-state index in [0.29, 0.717) is 5.75 Å². The molecule has 0 saturated heterocycles. The Kier molecular flexibility index (Phi) is 3.29. The fraction of sp³-hybridized carbons (Fsp3) is 0.188. The molecule has 0 aromatic heterocycles. The fourth-order valence-electron chi connectivity index (χ4n) is 2.37. The van der Waals surface area contributed by atoms with E-state index in [1.165, 1.54) is 11.3 Å². The summed E-state index contributed by atoms with van der Waals surface area (Å²) in [5.74, 6) is -0.404. The van der Waals surface area contributed by atoms with E-state index in [1.54, 1.807) is 12.1 Å². The van der Waals surface area contributed by atoms with E-state index >= 15 is 0 Å². The highest BCUT2D eigenvalue weighted by Crippen LogP contribution is 2.29. The molecule has 0 saturated carbocycles. The first-order valence-electron chi connectivity index (χ1n) is 6.54. The Morgan fingerprint density at radius 2 is 1.90 bits per heavy atom. The number of hydrogen-bond acceptors (Lipinski definition) is 3. The third-order valence-electron chi connectivity index (χ3n) is 3.36. The van der Waals surface area contributed by atoms with Gasteiger partial charge in [-0.15, -0.1) is 0 Å². The van der Waals surface area contributed by atoms with Crippen LogP contribution in [0.15, 0.2) is 42.5 Å². The summed E-state index contributed by atoms with van der Waals surface area (Å²) in [7, 11) is 0. The molecule has 3 rings (SSSR count). The Bertz CT molecular complexity index is 635. The molecule has 4 nitrogen and oxygen atoms in total. The van der Waals surface area contributed by atoms with Crippen LogP contribution in [0.2, 0.25) is 0 Å². The Balaban J connectivity index is 1.79. The molecule has 1 aliphatic rings. The molecule has 0 bridgehead atoms. The maximum absolute atomic E-state index is 10.4. The van der Waals surface area contributed by atoms with Gasteiger partial charge < -0.3 is 15.2 Å². The minimum atomic E-state index is -0.972. The lowest BCUT2D eigenvalue weighted by Gasteiger charge is -2.07. The van der Waals surface area contributed by atoms with Gasteiger partial charge in [-0.2, -0.15) is 0 Å². The second-order valence-electron chi connectivity index (χ2n) is 4.76. The lowest BCUT2D eigenvalue weighted by Crippen LogP contribution is -2.09. The molecular formula is C16H15NO3. The van der Waals surface area contributed by atoms with Crippen LogP contribution in [0.3, 0.4) is 0 Å². The predicted molar refractivity (Wildman–Crippen MR) is 77.2 cm³/mol. The zero-order valence-electron chi connectivity index (χ0n) is 10.9. The number of hydrogen-bond donors (Lipinski definition) is 2. The zero-order valence-corrected chi connectivity index (χ0v) is 10.9. The SMILES string of the molecule is O=C(O)COc1ccc(-c2ccc3c(c2)CCN3)cc1. The van der Waals surface area contributed by atoms with E-state index in [1.807, 2.05) is 12.1 Å². The molecule has 2 N–H and O–H groups in total. The number of benzene rings is 2. The lowest BCUT2D eigenvalue weighted by atomic mass is 10.0. The largest absolute Gasteiger partial charge is 0.482 e. The number of rotatable bonds is 4. The van der Waals surface area contributed by atoms with Crippen LogP contribution in [0.25, 0.3) is 11.1 Å². The molecule has 0 atom stereocenters. The van der Waals surface area contributed by atoms with E-state index in [4.69, 9.17) is 9.84 Å². The van der Waals surface area contributed by atoms with Crippen molar-refractivity contribution in [2.75, 3.05) is 18.5 Å². The zero-order chi connectivity index (χ0) is 13.9. The van der Waals surface area contributed by atoms with Crippen LogP contribution in [-0.4, -0.2) is 24.2 Å². The highest BCUT2D eigenvalue weighted by atomic mass is 16.5. The van der Waals surface area contributed by atoms with Crippen molar-refractivity contribution in [1.82, 2.24) is 0 Å². The average Bonchev–Trinajstić information content (AvgIpc) is 2.93. The number of nitrogens with one attached hydrogen (secondary N) is 1. The molecule has 0 radical (unpaired) electrons. The molecule has 0 fully saturated rings. The van der Waals surface area contributed by atoms with Crippen LogP contribution in [0, 0.1) is 0 Å². The summed E-state index contributed by atoms with van der Waals surface area (Å²) >= 11 is 0. The van der Waals surface area contributed by atoms with Crippen molar-refractivity contribution in [3.8, 4) is 16.9 Å². The van der Waals surface area contributed by atoms with E-state index in [0.717, 1.165) is 24.1 Å². The van der Waals surface area contributed by atoms with Crippen molar-refractivity contribution in [3.63, 3.8) is 0 Å². The molecule has 0 amide bonds. The molecule has 102 valence electrons. The summed E-state index contributed by atoms with van der Waals surface area (Å²) in [6.45, 7) is 0.685. The van der Waals surface area contributed by atoms with Crippen LogP contribution in [0.1, 0.15) is 5.56 Å². The molecule has 1 heterocycles. The van der Waals surface area contributed by atoms with Gasteiger partial charge in [-0.05, 0) is 47.4 Å². The normalized spacial score (nSPS) is 12.6. The highest BCUT2D eigenvalue weighted by Gasteiger charge is 2.10. The second-order valence-corrected chi connectivity index (χ2v) is 4.76. The van der Waals surface area contributed by atoms with E-state index in [2.05, 4.69) is 23.5 Å². The van der Waals surface area contributed by atoms with Gasteiger partial charge in [0.15, 0.2) is 6.61 Å². The van der Waals surface area contributed by atoms with Crippen LogP contribution in [0.4, 0.5) is 5.69 Å². The summed E-state index contributed by atoms with van der Waals surface area (Å²) in [4.78, 5) is 10.4. The average molecular weight is 269 g/mol. The van der Waals surface area contributed by atoms with Crippen LogP contribution >= 0.6 is 0 Å². The summed E-state index contributed by atoms with van der Waals surface area (Å²) < 4.78 is 5.12. The smallest absolute Gasteiger partial charge is 0.341 e. The van der Waals surface area contributed by atoms with E-state index < -0.39 is 5.97 Å². The molecule has 20 heavy (non-hydrogen) atoms. The summed E-state index contributed by atoms with van der Waals surface area (Å²) in [5, 5.41) is 11.9. The number of ether oxygens (including phenoxy) is 1. The molecule has 2 aromatic rings.